The Morgan fingerprint density at radius 1 is 1.15 bits per heavy atom. The first-order chi connectivity index (χ1) is 9.81. The fourth-order valence-electron chi connectivity index (χ4n) is 3.34. The molecular weight excluding hydrogens is 250 g/mol. The summed E-state index contributed by atoms with van der Waals surface area (Å²) in [6.45, 7) is 4.42. The number of morpholine rings is 1. The van der Waals surface area contributed by atoms with Gasteiger partial charge in [-0.15, -0.1) is 0 Å². The van der Waals surface area contributed by atoms with Crippen LogP contribution in [0.2, 0.25) is 0 Å². The first-order valence-electron chi connectivity index (χ1n) is 7.70. The van der Waals surface area contributed by atoms with E-state index in [2.05, 4.69) is 17.0 Å². The maximum Gasteiger partial charge on any atom is 0.144 e. The van der Waals surface area contributed by atoms with E-state index in [4.69, 9.17) is 4.74 Å². The molecule has 20 heavy (non-hydrogen) atoms. The van der Waals surface area contributed by atoms with Crippen molar-refractivity contribution in [2.75, 3.05) is 32.8 Å². The van der Waals surface area contributed by atoms with Crippen molar-refractivity contribution in [1.82, 2.24) is 4.90 Å². The summed E-state index contributed by atoms with van der Waals surface area (Å²) in [6, 6.07) is 10.3. The summed E-state index contributed by atoms with van der Waals surface area (Å²) in [6.07, 6.45) is 3.91. The lowest BCUT2D eigenvalue weighted by atomic mass is 9.61. The molecule has 1 heterocycles. The molecule has 0 aromatic heterocycles. The predicted molar refractivity (Wildman–Crippen MR) is 78.9 cm³/mol. The maximum atomic E-state index is 12.7. The van der Waals surface area contributed by atoms with Gasteiger partial charge in [0.15, 0.2) is 0 Å². The highest BCUT2D eigenvalue weighted by molar-refractivity contribution is 5.91. The smallest absolute Gasteiger partial charge is 0.144 e. The molecule has 0 radical (unpaired) electrons. The molecule has 108 valence electrons. The summed E-state index contributed by atoms with van der Waals surface area (Å²) < 4.78 is 5.35. The monoisotopic (exact) mass is 273 g/mol. The van der Waals surface area contributed by atoms with Gasteiger partial charge >= 0.3 is 0 Å². The number of ether oxygens (including phenoxy) is 1. The first kappa shape index (κ1) is 13.8. The van der Waals surface area contributed by atoms with Crippen LogP contribution in [0.1, 0.15) is 31.2 Å². The average Bonchev–Trinajstić information content (AvgIpc) is 2.46. The van der Waals surface area contributed by atoms with Gasteiger partial charge in [0.25, 0.3) is 0 Å². The topological polar surface area (TPSA) is 29.5 Å². The Bertz CT molecular complexity index is 447. The summed E-state index contributed by atoms with van der Waals surface area (Å²) in [5.41, 5.74) is 1.05. The van der Waals surface area contributed by atoms with E-state index in [1.807, 2.05) is 18.2 Å². The molecule has 2 fully saturated rings. The van der Waals surface area contributed by atoms with Crippen molar-refractivity contribution in [2.45, 2.75) is 31.1 Å². The Balaban J connectivity index is 1.62. The van der Waals surface area contributed by atoms with Crippen LogP contribution in [0.4, 0.5) is 0 Å². The summed E-state index contributed by atoms with van der Waals surface area (Å²) in [5.74, 6) is 0.432. The molecule has 1 aliphatic heterocycles. The zero-order valence-corrected chi connectivity index (χ0v) is 12.0. The summed E-state index contributed by atoms with van der Waals surface area (Å²) in [7, 11) is 0. The molecule has 1 aromatic rings. The molecule has 0 unspecified atom stereocenters. The van der Waals surface area contributed by atoms with Crippen molar-refractivity contribution in [3.63, 3.8) is 0 Å². The molecule has 1 aliphatic carbocycles. The van der Waals surface area contributed by atoms with Crippen molar-refractivity contribution in [3.05, 3.63) is 35.9 Å². The average molecular weight is 273 g/mol. The molecule has 3 nitrogen and oxygen atoms in total. The molecular formula is C17H23NO2. The van der Waals surface area contributed by atoms with E-state index in [0.717, 1.165) is 45.7 Å². The normalized spacial score (nSPS) is 22.2. The van der Waals surface area contributed by atoms with E-state index in [1.54, 1.807) is 0 Å². The SMILES string of the molecule is O=C(CCN1CCOCC1)C1(c2ccccc2)CCC1. The fourth-order valence-corrected chi connectivity index (χ4v) is 3.34. The molecule has 1 saturated heterocycles. The lowest BCUT2D eigenvalue weighted by Gasteiger charge is -2.41. The Morgan fingerprint density at radius 3 is 2.45 bits per heavy atom. The Morgan fingerprint density at radius 2 is 1.85 bits per heavy atom. The second-order valence-electron chi connectivity index (χ2n) is 5.93. The Kier molecular flexibility index (Phi) is 4.18. The lowest BCUT2D eigenvalue weighted by Crippen LogP contribution is -2.45. The van der Waals surface area contributed by atoms with Gasteiger partial charge in [0.05, 0.1) is 18.6 Å². The number of ketones is 1. The number of hydrogen-bond acceptors (Lipinski definition) is 3. The van der Waals surface area contributed by atoms with Gasteiger partial charge in [-0.3, -0.25) is 9.69 Å². The van der Waals surface area contributed by atoms with Crippen molar-refractivity contribution in [3.8, 4) is 0 Å². The summed E-state index contributed by atoms with van der Waals surface area (Å²) in [4.78, 5) is 15.1. The maximum absolute atomic E-state index is 12.7. The molecule has 3 heteroatoms. The van der Waals surface area contributed by atoms with Crippen LogP contribution in [0.5, 0.6) is 0 Å². The van der Waals surface area contributed by atoms with Crippen molar-refractivity contribution in [1.29, 1.82) is 0 Å². The highest BCUT2D eigenvalue weighted by Crippen LogP contribution is 2.45. The number of carbonyl (C=O) groups is 1. The molecule has 2 aliphatic rings. The van der Waals surface area contributed by atoms with Crippen LogP contribution < -0.4 is 0 Å². The van der Waals surface area contributed by atoms with Crippen molar-refractivity contribution in [2.24, 2.45) is 0 Å². The van der Waals surface area contributed by atoms with E-state index in [9.17, 15) is 4.79 Å². The number of Topliss-reactive ketones (excluding diaryl/α,β-unsaturated/α-hetero) is 1. The van der Waals surface area contributed by atoms with E-state index < -0.39 is 0 Å². The van der Waals surface area contributed by atoms with Gasteiger partial charge in [0.1, 0.15) is 5.78 Å². The third-order valence-electron chi connectivity index (χ3n) is 4.83. The number of carbonyl (C=O) groups excluding carboxylic acids is 1. The first-order valence-corrected chi connectivity index (χ1v) is 7.70. The number of rotatable bonds is 5. The van der Waals surface area contributed by atoms with E-state index >= 15 is 0 Å². The van der Waals surface area contributed by atoms with Gasteiger partial charge < -0.3 is 4.74 Å². The van der Waals surface area contributed by atoms with Crippen LogP contribution in [0.25, 0.3) is 0 Å². The minimum Gasteiger partial charge on any atom is -0.379 e. The molecule has 0 atom stereocenters. The standard InChI is InChI=1S/C17H23NO2/c19-16(7-10-18-11-13-20-14-12-18)17(8-4-9-17)15-5-2-1-3-6-15/h1-3,5-6H,4,7-14H2. The van der Waals surface area contributed by atoms with E-state index in [1.165, 1.54) is 12.0 Å². The Hall–Kier alpha value is -1.19. The van der Waals surface area contributed by atoms with E-state index in [-0.39, 0.29) is 5.41 Å². The van der Waals surface area contributed by atoms with Crippen LogP contribution in [0.15, 0.2) is 30.3 Å². The summed E-state index contributed by atoms with van der Waals surface area (Å²) >= 11 is 0. The lowest BCUT2D eigenvalue weighted by molar-refractivity contribution is -0.128. The van der Waals surface area contributed by atoms with Gasteiger partial charge in [0.2, 0.25) is 0 Å². The zero-order chi connectivity index (χ0) is 13.8. The fraction of sp³-hybridized carbons (Fsp3) is 0.588. The minimum atomic E-state index is -0.173. The highest BCUT2D eigenvalue weighted by atomic mass is 16.5. The molecule has 1 saturated carbocycles. The van der Waals surface area contributed by atoms with Crippen LogP contribution in [0.3, 0.4) is 0 Å². The van der Waals surface area contributed by atoms with Gasteiger partial charge in [-0.05, 0) is 18.4 Å². The molecule has 1 aromatic carbocycles. The molecule has 0 spiro atoms. The molecule has 0 bridgehead atoms. The van der Waals surface area contributed by atoms with Gasteiger partial charge in [-0.25, -0.2) is 0 Å². The van der Waals surface area contributed by atoms with Crippen LogP contribution in [0, 0.1) is 0 Å². The van der Waals surface area contributed by atoms with Crippen molar-refractivity contribution < 1.29 is 9.53 Å². The number of hydrogen-bond donors (Lipinski definition) is 0. The Labute approximate surface area is 120 Å². The van der Waals surface area contributed by atoms with Crippen LogP contribution in [-0.4, -0.2) is 43.5 Å². The summed E-state index contributed by atoms with van der Waals surface area (Å²) in [5, 5.41) is 0. The second kappa shape index (κ2) is 6.06. The molecule has 0 amide bonds. The number of benzene rings is 1. The van der Waals surface area contributed by atoms with Gasteiger partial charge in [-0.1, -0.05) is 36.8 Å². The minimum absolute atomic E-state index is 0.173. The highest BCUT2D eigenvalue weighted by Gasteiger charge is 2.44. The number of nitrogens with zero attached hydrogens (tertiary/aromatic N) is 1. The van der Waals surface area contributed by atoms with Gasteiger partial charge in [0, 0.05) is 26.1 Å². The van der Waals surface area contributed by atoms with Crippen molar-refractivity contribution >= 4 is 5.78 Å². The second-order valence-corrected chi connectivity index (χ2v) is 5.93. The van der Waals surface area contributed by atoms with E-state index in [0.29, 0.717) is 12.2 Å². The largest absolute Gasteiger partial charge is 0.379 e. The third kappa shape index (κ3) is 2.65. The molecule has 0 N–H and O–H groups in total. The third-order valence-corrected chi connectivity index (χ3v) is 4.83. The quantitative estimate of drug-likeness (QED) is 0.825. The molecule has 3 rings (SSSR count). The van der Waals surface area contributed by atoms with Crippen LogP contribution in [-0.2, 0) is 14.9 Å². The zero-order valence-electron chi connectivity index (χ0n) is 12.0. The van der Waals surface area contributed by atoms with Gasteiger partial charge in [-0.2, -0.15) is 0 Å². The van der Waals surface area contributed by atoms with Crippen LogP contribution >= 0.6 is 0 Å². The predicted octanol–water partition coefficient (Wildman–Crippen LogP) is 2.40.